The minimum absolute atomic E-state index is 0.0677. The average molecular weight is 464 g/mol. The number of hydrogen-bond donors (Lipinski definition) is 2. The number of urea groups is 1. The summed E-state index contributed by atoms with van der Waals surface area (Å²) in [4.78, 5) is 25.9. The van der Waals surface area contributed by atoms with Crippen LogP contribution < -0.4 is 24.8 Å². The Bertz CT molecular complexity index is 860. The number of ether oxygens (including phenoxy) is 3. The summed E-state index contributed by atoms with van der Waals surface area (Å²) in [7, 11) is 1.78. The third-order valence-corrected chi connectivity index (χ3v) is 4.55. The number of hydrogen-bond acceptors (Lipinski definition) is 6. The van der Waals surface area contributed by atoms with Gasteiger partial charge >= 0.3 is 6.03 Å². The van der Waals surface area contributed by atoms with Gasteiger partial charge in [-0.3, -0.25) is 15.0 Å². The van der Waals surface area contributed by atoms with Gasteiger partial charge in [0.05, 0.1) is 6.54 Å². The first kappa shape index (κ1) is 20.9. The minimum atomic E-state index is -0.605. The van der Waals surface area contributed by atoms with Crippen LogP contribution in [-0.4, -0.2) is 56.8 Å². The molecule has 1 aliphatic heterocycles. The molecule has 0 fully saturated rings. The van der Waals surface area contributed by atoms with E-state index in [1.54, 1.807) is 30.1 Å². The van der Waals surface area contributed by atoms with Crippen LogP contribution in [0.1, 0.15) is 0 Å². The molecule has 0 unspecified atom stereocenters. The Morgan fingerprint density at radius 3 is 2.59 bits per heavy atom. The topological polar surface area (TPSA) is 89.1 Å². The molecule has 0 aliphatic carbocycles. The van der Waals surface area contributed by atoms with Gasteiger partial charge in [-0.2, -0.15) is 0 Å². The first-order chi connectivity index (χ1) is 14.0. The highest BCUT2D eigenvalue weighted by atomic mass is 79.9. The van der Waals surface area contributed by atoms with Crippen molar-refractivity contribution >= 4 is 33.6 Å². The van der Waals surface area contributed by atoms with Gasteiger partial charge in [0, 0.05) is 22.8 Å². The Hall–Kier alpha value is -2.78. The van der Waals surface area contributed by atoms with E-state index < -0.39 is 11.9 Å². The molecular weight excluding hydrogens is 442 g/mol. The van der Waals surface area contributed by atoms with Crippen molar-refractivity contribution in [3.05, 3.63) is 46.9 Å². The third-order valence-electron chi connectivity index (χ3n) is 4.02. The number of anilines is 1. The highest BCUT2D eigenvalue weighted by molar-refractivity contribution is 9.10. The molecule has 3 rings (SSSR count). The lowest BCUT2D eigenvalue weighted by atomic mass is 10.2. The Kier molecular flexibility index (Phi) is 7.31. The van der Waals surface area contributed by atoms with Crippen molar-refractivity contribution in [2.75, 3.05) is 45.3 Å². The second kappa shape index (κ2) is 10.1. The van der Waals surface area contributed by atoms with Crippen molar-refractivity contribution in [2.24, 2.45) is 0 Å². The zero-order valence-electron chi connectivity index (χ0n) is 15.9. The molecule has 2 aromatic rings. The van der Waals surface area contributed by atoms with Gasteiger partial charge in [0.1, 0.15) is 25.6 Å². The molecule has 2 N–H and O–H groups in total. The van der Waals surface area contributed by atoms with Gasteiger partial charge in [-0.25, -0.2) is 4.79 Å². The molecule has 1 heterocycles. The van der Waals surface area contributed by atoms with E-state index in [1.165, 1.54) is 0 Å². The molecular formula is C20H22BrN3O5. The molecule has 0 saturated heterocycles. The number of likely N-dealkylation sites (N-methyl/N-ethyl adjacent to an activating group) is 1. The summed E-state index contributed by atoms with van der Waals surface area (Å²) in [6, 6.07) is 12.0. The maximum Gasteiger partial charge on any atom is 0.325 e. The first-order valence-corrected chi connectivity index (χ1v) is 9.86. The minimum Gasteiger partial charge on any atom is -0.492 e. The molecule has 29 heavy (non-hydrogen) atoms. The van der Waals surface area contributed by atoms with E-state index in [9.17, 15) is 9.59 Å². The number of amides is 3. The number of imide groups is 1. The molecule has 0 aromatic heterocycles. The van der Waals surface area contributed by atoms with Crippen LogP contribution in [0.4, 0.5) is 10.5 Å². The van der Waals surface area contributed by atoms with E-state index in [2.05, 4.69) is 26.6 Å². The Morgan fingerprint density at radius 2 is 1.83 bits per heavy atom. The van der Waals surface area contributed by atoms with Gasteiger partial charge in [0.15, 0.2) is 11.5 Å². The monoisotopic (exact) mass is 463 g/mol. The van der Waals surface area contributed by atoms with Crippen LogP contribution in [0.5, 0.6) is 17.2 Å². The van der Waals surface area contributed by atoms with E-state index >= 15 is 0 Å². The van der Waals surface area contributed by atoms with Crippen molar-refractivity contribution in [1.29, 1.82) is 0 Å². The van der Waals surface area contributed by atoms with Crippen molar-refractivity contribution in [3.8, 4) is 17.2 Å². The first-order valence-electron chi connectivity index (χ1n) is 9.07. The Morgan fingerprint density at radius 1 is 1.10 bits per heavy atom. The average Bonchev–Trinajstić information content (AvgIpc) is 2.69. The van der Waals surface area contributed by atoms with Gasteiger partial charge in [-0.1, -0.05) is 15.9 Å². The van der Waals surface area contributed by atoms with Gasteiger partial charge in [-0.05, 0) is 43.4 Å². The van der Waals surface area contributed by atoms with Crippen LogP contribution in [0, 0.1) is 0 Å². The molecule has 0 spiro atoms. The van der Waals surface area contributed by atoms with Crippen LogP contribution in [0.25, 0.3) is 0 Å². The lowest BCUT2D eigenvalue weighted by molar-refractivity contribution is -0.120. The summed E-state index contributed by atoms with van der Waals surface area (Å²) < 4.78 is 17.5. The normalized spacial score (nSPS) is 12.4. The van der Waals surface area contributed by atoms with Crippen LogP contribution in [0.3, 0.4) is 0 Å². The van der Waals surface area contributed by atoms with E-state index in [-0.39, 0.29) is 6.54 Å². The number of nitrogens with zero attached hydrogens (tertiary/aromatic N) is 1. The molecule has 0 saturated carbocycles. The van der Waals surface area contributed by atoms with Crippen LogP contribution >= 0.6 is 15.9 Å². The van der Waals surface area contributed by atoms with Gasteiger partial charge < -0.3 is 19.5 Å². The van der Waals surface area contributed by atoms with Gasteiger partial charge in [0.25, 0.3) is 0 Å². The van der Waals surface area contributed by atoms with Crippen LogP contribution in [0.2, 0.25) is 0 Å². The summed E-state index contributed by atoms with van der Waals surface area (Å²) in [5, 5.41) is 4.92. The molecule has 3 amide bonds. The summed E-state index contributed by atoms with van der Waals surface area (Å²) in [5.41, 5.74) is 0.510. The SMILES string of the molecule is CN(CCOc1ccc(Br)cc1)CC(=O)NC(=O)Nc1ccc2c(c1)OCCO2. The molecule has 0 radical (unpaired) electrons. The fraction of sp³-hybridized carbons (Fsp3) is 0.300. The van der Waals surface area contributed by atoms with Crippen LogP contribution in [0.15, 0.2) is 46.9 Å². The number of rotatable bonds is 7. The van der Waals surface area contributed by atoms with Gasteiger partial charge in [-0.15, -0.1) is 0 Å². The predicted molar refractivity (Wildman–Crippen MR) is 112 cm³/mol. The number of halogens is 1. The molecule has 8 nitrogen and oxygen atoms in total. The van der Waals surface area contributed by atoms with E-state index in [1.807, 2.05) is 24.3 Å². The molecule has 0 atom stereocenters. The van der Waals surface area contributed by atoms with Crippen LogP contribution in [-0.2, 0) is 4.79 Å². The highest BCUT2D eigenvalue weighted by Gasteiger charge is 2.14. The fourth-order valence-corrected chi connectivity index (χ4v) is 2.89. The quantitative estimate of drug-likeness (QED) is 0.656. The maximum absolute atomic E-state index is 12.1. The zero-order chi connectivity index (χ0) is 20.6. The smallest absolute Gasteiger partial charge is 0.325 e. The lowest BCUT2D eigenvalue weighted by Crippen LogP contribution is -2.41. The zero-order valence-corrected chi connectivity index (χ0v) is 17.5. The summed E-state index contributed by atoms with van der Waals surface area (Å²) in [6.45, 7) is 1.98. The molecule has 0 bridgehead atoms. The Labute approximate surface area is 177 Å². The predicted octanol–water partition coefficient (Wildman–Crippen LogP) is 2.88. The lowest BCUT2D eigenvalue weighted by Gasteiger charge is -2.19. The Balaban J connectivity index is 1.38. The number of fused-ring (bicyclic) bond motifs is 1. The second-order valence-electron chi connectivity index (χ2n) is 6.40. The van der Waals surface area contributed by atoms with Crippen molar-refractivity contribution < 1.29 is 23.8 Å². The van der Waals surface area contributed by atoms with E-state index in [4.69, 9.17) is 14.2 Å². The maximum atomic E-state index is 12.1. The number of nitrogens with one attached hydrogen (secondary N) is 2. The summed E-state index contributed by atoms with van der Waals surface area (Å²) in [5.74, 6) is 1.53. The van der Waals surface area contributed by atoms with Crippen molar-refractivity contribution in [1.82, 2.24) is 10.2 Å². The van der Waals surface area contributed by atoms with Crippen molar-refractivity contribution in [3.63, 3.8) is 0 Å². The van der Waals surface area contributed by atoms with Crippen molar-refractivity contribution in [2.45, 2.75) is 0 Å². The van der Waals surface area contributed by atoms with E-state index in [0.717, 1.165) is 10.2 Å². The summed E-state index contributed by atoms with van der Waals surface area (Å²) in [6.07, 6.45) is 0. The fourth-order valence-electron chi connectivity index (χ4n) is 2.62. The van der Waals surface area contributed by atoms with E-state index in [0.29, 0.717) is 43.6 Å². The third kappa shape index (κ3) is 6.65. The molecule has 9 heteroatoms. The second-order valence-corrected chi connectivity index (χ2v) is 7.32. The molecule has 1 aliphatic rings. The number of benzene rings is 2. The number of carbonyl (C=O) groups excluding carboxylic acids is 2. The molecule has 154 valence electrons. The standard InChI is InChI=1S/C20H22BrN3O5/c1-24(8-9-27-16-5-2-14(21)3-6-16)13-19(25)23-20(26)22-15-4-7-17-18(12-15)29-11-10-28-17/h2-7,12H,8-11,13H2,1H3,(H2,22,23,25,26). The molecule has 2 aromatic carbocycles. The number of carbonyl (C=O) groups is 2. The highest BCUT2D eigenvalue weighted by Crippen LogP contribution is 2.32. The largest absolute Gasteiger partial charge is 0.492 e. The summed E-state index contributed by atoms with van der Waals surface area (Å²) >= 11 is 3.37. The van der Waals surface area contributed by atoms with Gasteiger partial charge in [0.2, 0.25) is 5.91 Å².